The fraction of sp³-hybridized carbons (Fsp3) is 0.500. The lowest BCUT2D eigenvalue weighted by Crippen LogP contribution is -2.43. The summed E-state index contributed by atoms with van der Waals surface area (Å²) in [6.07, 6.45) is 1.74. The zero-order chi connectivity index (χ0) is 20.5. The number of nitrogens with one attached hydrogen (secondary N) is 2. The van der Waals surface area contributed by atoms with E-state index in [9.17, 15) is 19.2 Å². The van der Waals surface area contributed by atoms with Gasteiger partial charge in [-0.25, -0.2) is 4.79 Å². The van der Waals surface area contributed by atoms with E-state index in [-0.39, 0.29) is 6.04 Å². The van der Waals surface area contributed by atoms with Crippen LogP contribution in [0.4, 0.5) is 4.79 Å². The maximum atomic E-state index is 12.5. The summed E-state index contributed by atoms with van der Waals surface area (Å²) in [5.74, 6) is -1.73. The average molecular weight is 387 g/mol. The molecule has 0 unspecified atom stereocenters. The smallest absolute Gasteiger partial charge is 0.327 e. The summed E-state index contributed by atoms with van der Waals surface area (Å²) < 4.78 is 5.14. The van der Waals surface area contributed by atoms with Crippen molar-refractivity contribution in [1.82, 2.24) is 15.5 Å². The zero-order valence-corrected chi connectivity index (χ0v) is 16.3. The van der Waals surface area contributed by atoms with Crippen molar-refractivity contribution < 1.29 is 23.9 Å². The van der Waals surface area contributed by atoms with Crippen molar-refractivity contribution in [2.24, 2.45) is 0 Å². The second-order valence-electron chi connectivity index (χ2n) is 7.73. The van der Waals surface area contributed by atoms with Gasteiger partial charge in [0.05, 0.1) is 6.04 Å². The molecule has 0 saturated carbocycles. The Morgan fingerprint density at radius 3 is 2.71 bits per heavy atom. The van der Waals surface area contributed by atoms with Gasteiger partial charge in [-0.05, 0) is 51.2 Å². The molecule has 2 atom stereocenters. The molecule has 0 aromatic heterocycles. The minimum Gasteiger partial charge on any atom is -0.451 e. The first-order chi connectivity index (χ1) is 13.2. The van der Waals surface area contributed by atoms with E-state index in [1.54, 1.807) is 13.8 Å². The lowest BCUT2D eigenvalue weighted by molar-refractivity contribution is -0.156. The molecule has 1 aromatic carbocycles. The number of hydrogen-bond donors (Lipinski definition) is 2. The van der Waals surface area contributed by atoms with Crippen molar-refractivity contribution in [2.45, 2.75) is 57.7 Å². The van der Waals surface area contributed by atoms with Gasteiger partial charge < -0.3 is 15.4 Å². The molecule has 2 aliphatic rings. The molecule has 8 nitrogen and oxygen atoms in total. The molecule has 3 rings (SSSR count). The molecule has 150 valence electrons. The first kappa shape index (κ1) is 19.9. The fourth-order valence-electron chi connectivity index (χ4n) is 3.57. The van der Waals surface area contributed by atoms with Crippen LogP contribution in [0.1, 0.15) is 50.8 Å². The van der Waals surface area contributed by atoms with Crippen LogP contribution < -0.4 is 10.6 Å². The van der Waals surface area contributed by atoms with Crippen molar-refractivity contribution >= 4 is 23.8 Å². The van der Waals surface area contributed by atoms with Crippen LogP contribution in [0.25, 0.3) is 0 Å². The molecule has 1 aliphatic heterocycles. The molecule has 0 radical (unpaired) electrons. The van der Waals surface area contributed by atoms with Crippen molar-refractivity contribution in [3.05, 3.63) is 35.4 Å². The third-order valence-corrected chi connectivity index (χ3v) is 5.09. The molecule has 1 aromatic rings. The first-order valence-electron chi connectivity index (χ1n) is 9.41. The monoisotopic (exact) mass is 387 g/mol. The Kier molecular flexibility index (Phi) is 5.40. The summed E-state index contributed by atoms with van der Waals surface area (Å²) in [6.45, 7) is 4.04. The van der Waals surface area contributed by atoms with Gasteiger partial charge in [0.1, 0.15) is 12.1 Å². The molecule has 1 heterocycles. The molecule has 2 N–H and O–H groups in total. The van der Waals surface area contributed by atoms with E-state index in [2.05, 4.69) is 16.7 Å². The van der Waals surface area contributed by atoms with E-state index in [1.807, 2.05) is 18.2 Å². The number of nitrogens with zero attached hydrogens (tertiary/aromatic N) is 1. The summed E-state index contributed by atoms with van der Waals surface area (Å²) in [5.41, 5.74) is 1.24. The average Bonchev–Trinajstić information content (AvgIpc) is 2.83. The van der Waals surface area contributed by atoms with Crippen molar-refractivity contribution in [3.8, 4) is 0 Å². The Hall–Kier alpha value is -2.90. The van der Waals surface area contributed by atoms with Gasteiger partial charge in [-0.15, -0.1) is 0 Å². The van der Waals surface area contributed by atoms with Gasteiger partial charge in [0, 0.05) is 0 Å². The normalized spacial score (nSPS) is 21.5. The Morgan fingerprint density at radius 1 is 1.32 bits per heavy atom. The van der Waals surface area contributed by atoms with Crippen LogP contribution in [0.5, 0.6) is 0 Å². The predicted molar refractivity (Wildman–Crippen MR) is 100 cm³/mol. The van der Waals surface area contributed by atoms with E-state index in [0.717, 1.165) is 29.7 Å². The number of imide groups is 1. The Balaban J connectivity index is 1.56. The van der Waals surface area contributed by atoms with Crippen LogP contribution in [-0.2, 0) is 25.5 Å². The van der Waals surface area contributed by atoms with E-state index in [4.69, 9.17) is 4.74 Å². The number of ether oxygens (including phenoxy) is 1. The minimum atomic E-state index is -1.06. The molecule has 0 bridgehead atoms. The van der Waals surface area contributed by atoms with Gasteiger partial charge in [-0.2, -0.15) is 0 Å². The van der Waals surface area contributed by atoms with Crippen molar-refractivity contribution in [3.63, 3.8) is 0 Å². The predicted octanol–water partition coefficient (Wildman–Crippen LogP) is 1.44. The van der Waals surface area contributed by atoms with Gasteiger partial charge in [-0.1, -0.05) is 24.3 Å². The zero-order valence-electron chi connectivity index (χ0n) is 16.3. The highest BCUT2D eigenvalue weighted by Crippen LogP contribution is 2.29. The lowest BCUT2D eigenvalue weighted by Gasteiger charge is -2.27. The fourth-order valence-corrected chi connectivity index (χ4v) is 3.57. The van der Waals surface area contributed by atoms with Crippen LogP contribution in [0.3, 0.4) is 0 Å². The highest BCUT2D eigenvalue weighted by atomic mass is 16.5. The molecule has 0 spiro atoms. The SMILES string of the molecule is C[C@H](OC(=O)CN1C(=O)NC(C)(C)C1=O)C(=O)N[C@H]1CCCc2ccccc21. The summed E-state index contributed by atoms with van der Waals surface area (Å²) in [7, 11) is 0. The van der Waals surface area contributed by atoms with Gasteiger partial charge in [0.15, 0.2) is 6.10 Å². The number of carbonyl (C=O) groups is 4. The standard InChI is InChI=1S/C20H25N3O5/c1-12(28-16(24)11-23-18(26)20(2,3)22-19(23)27)17(25)21-15-10-6-8-13-7-4-5-9-14(13)15/h4-5,7,9,12,15H,6,8,10-11H2,1-3H3,(H,21,25)(H,22,27)/t12-,15-/m0/s1. The first-order valence-corrected chi connectivity index (χ1v) is 9.41. The van der Waals surface area contributed by atoms with E-state index in [0.29, 0.717) is 0 Å². The van der Waals surface area contributed by atoms with Crippen LogP contribution in [0, 0.1) is 0 Å². The summed E-state index contributed by atoms with van der Waals surface area (Å²) in [5, 5.41) is 5.42. The number of esters is 1. The maximum Gasteiger partial charge on any atom is 0.327 e. The highest BCUT2D eigenvalue weighted by Gasteiger charge is 2.45. The third-order valence-electron chi connectivity index (χ3n) is 5.09. The van der Waals surface area contributed by atoms with Gasteiger partial charge in [0.2, 0.25) is 0 Å². The number of carbonyl (C=O) groups excluding carboxylic acids is 4. The third kappa shape index (κ3) is 4.00. The van der Waals surface area contributed by atoms with Gasteiger partial charge >= 0.3 is 12.0 Å². The molecular weight excluding hydrogens is 362 g/mol. The summed E-state index contributed by atoms with van der Waals surface area (Å²) in [6, 6.07) is 7.19. The topological polar surface area (TPSA) is 105 Å². The van der Waals surface area contributed by atoms with Crippen LogP contribution in [0.15, 0.2) is 24.3 Å². The highest BCUT2D eigenvalue weighted by molar-refractivity contribution is 6.08. The molecule has 8 heteroatoms. The molecule has 1 saturated heterocycles. The largest absolute Gasteiger partial charge is 0.451 e. The molecule has 1 aliphatic carbocycles. The van der Waals surface area contributed by atoms with Crippen LogP contribution in [-0.4, -0.2) is 46.9 Å². The number of fused-ring (bicyclic) bond motifs is 1. The lowest BCUT2D eigenvalue weighted by atomic mass is 9.87. The molecule has 4 amide bonds. The summed E-state index contributed by atoms with van der Waals surface area (Å²) in [4.78, 5) is 49.4. The van der Waals surface area contributed by atoms with Gasteiger partial charge in [0.25, 0.3) is 11.8 Å². The number of aryl methyl sites for hydroxylation is 1. The number of urea groups is 1. The number of rotatable bonds is 5. The second kappa shape index (κ2) is 7.61. The van der Waals surface area contributed by atoms with Crippen molar-refractivity contribution in [2.75, 3.05) is 6.54 Å². The molecular formula is C20H25N3O5. The summed E-state index contributed by atoms with van der Waals surface area (Å²) >= 11 is 0. The Labute approximate surface area is 163 Å². The quantitative estimate of drug-likeness (QED) is 0.588. The molecule has 28 heavy (non-hydrogen) atoms. The maximum absolute atomic E-state index is 12.5. The van der Waals surface area contributed by atoms with Gasteiger partial charge in [-0.3, -0.25) is 19.3 Å². The number of amides is 4. The number of benzene rings is 1. The van der Waals surface area contributed by atoms with Crippen LogP contribution in [0.2, 0.25) is 0 Å². The van der Waals surface area contributed by atoms with E-state index < -0.39 is 42.0 Å². The Bertz CT molecular complexity index is 820. The van der Waals surface area contributed by atoms with E-state index >= 15 is 0 Å². The minimum absolute atomic E-state index is 0.120. The van der Waals surface area contributed by atoms with Crippen molar-refractivity contribution in [1.29, 1.82) is 0 Å². The Morgan fingerprint density at radius 2 is 2.04 bits per heavy atom. The van der Waals surface area contributed by atoms with Crippen LogP contribution >= 0.6 is 0 Å². The van der Waals surface area contributed by atoms with E-state index in [1.165, 1.54) is 12.5 Å². The number of hydrogen-bond acceptors (Lipinski definition) is 5. The second-order valence-corrected chi connectivity index (χ2v) is 7.73. The molecule has 1 fully saturated rings.